The first-order valence-corrected chi connectivity index (χ1v) is 10.6. The number of hydrogen-bond acceptors (Lipinski definition) is 4. The first-order valence-electron chi connectivity index (χ1n) is 9.10. The largest absolute Gasteiger partial charge is 0.493 e. The summed E-state index contributed by atoms with van der Waals surface area (Å²) in [4.78, 5) is 0. The van der Waals surface area contributed by atoms with Gasteiger partial charge in [0.15, 0.2) is 0 Å². The molecule has 0 radical (unpaired) electrons. The van der Waals surface area contributed by atoms with Crippen LogP contribution in [-0.4, -0.2) is 33.5 Å². The highest BCUT2D eigenvalue weighted by Gasteiger charge is 2.32. The number of nitrogens with one attached hydrogen (secondary N) is 1. The third-order valence-electron chi connectivity index (χ3n) is 4.21. The van der Waals surface area contributed by atoms with Crippen molar-refractivity contribution in [3.63, 3.8) is 0 Å². The molecule has 1 saturated heterocycles. The van der Waals surface area contributed by atoms with Crippen molar-refractivity contribution < 1.29 is 17.9 Å². The predicted molar refractivity (Wildman–Crippen MR) is 100 cm³/mol. The van der Waals surface area contributed by atoms with Crippen LogP contribution in [0, 0.1) is 11.8 Å². The van der Waals surface area contributed by atoms with Gasteiger partial charge in [-0.05, 0) is 30.7 Å². The van der Waals surface area contributed by atoms with Crippen LogP contribution in [0.2, 0.25) is 0 Å². The Kier molecular flexibility index (Phi) is 7.28. The van der Waals surface area contributed by atoms with Crippen molar-refractivity contribution in [3.05, 3.63) is 29.8 Å². The lowest BCUT2D eigenvalue weighted by Crippen LogP contribution is -2.37. The van der Waals surface area contributed by atoms with E-state index in [1.54, 1.807) is 0 Å². The van der Waals surface area contributed by atoms with Crippen LogP contribution in [-0.2, 0) is 14.8 Å². The van der Waals surface area contributed by atoms with Gasteiger partial charge in [-0.3, -0.25) is 0 Å². The van der Waals surface area contributed by atoms with E-state index >= 15 is 0 Å². The number of sulfonamides is 1. The standard InChI is InChI=1S/C19H31NO4S/c1-14(2)11-18(20-25(21,22)16-9-10-23-13-16)17-7-5-6-8-19(17)24-12-15(3)4/h5-8,14-16,18,20H,9-13H2,1-4H3. The Bertz CT molecular complexity index is 637. The van der Waals surface area contributed by atoms with Gasteiger partial charge in [-0.15, -0.1) is 0 Å². The van der Waals surface area contributed by atoms with Crippen molar-refractivity contribution in [1.29, 1.82) is 0 Å². The molecule has 1 aromatic carbocycles. The third-order valence-corrected chi connectivity index (χ3v) is 6.07. The van der Waals surface area contributed by atoms with Crippen molar-refractivity contribution in [2.45, 2.75) is 51.8 Å². The van der Waals surface area contributed by atoms with Crippen LogP contribution in [0.1, 0.15) is 52.1 Å². The quantitative estimate of drug-likeness (QED) is 0.723. The molecule has 1 aliphatic heterocycles. The molecule has 1 aliphatic rings. The van der Waals surface area contributed by atoms with Gasteiger partial charge in [-0.2, -0.15) is 0 Å². The maximum absolute atomic E-state index is 12.7. The Balaban J connectivity index is 2.25. The Hall–Kier alpha value is -1.11. The van der Waals surface area contributed by atoms with Crippen molar-refractivity contribution in [1.82, 2.24) is 4.72 Å². The molecular formula is C19H31NO4S. The molecule has 1 heterocycles. The minimum absolute atomic E-state index is 0.273. The van der Waals surface area contributed by atoms with Gasteiger partial charge in [-0.25, -0.2) is 13.1 Å². The van der Waals surface area contributed by atoms with Gasteiger partial charge in [0.25, 0.3) is 0 Å². The van der Waals surface area contributed by atoms with Gasteiger partial charge < -0.3 is 9.47 Å². The van der Waals surface area contributed by atoms with E-state index in [1.807, 2.05) is 24.3 Å². The van der Waals surface area contributed by atoms with Crippen LogP contribution in [0.5, 0.6) is 5.75 Å². The van der Waals surface area contributed by atoms with Gasteiger partial charge in [0.1, 0.15) is 11.0 Å². The monoisotopic (exact) mass is 369 g/mol. The molecule has 0 aromatic heterocycles. The molecule has 1 aromatic rings. The molecule has 1 N–H and O–H groups in total. The topological polar surface area (TPSA) is 64.6 Å². The SMILES string of the molecule is CC(C)COc1ccccc1C(CC(C)C)NS(=O)(=O)C1CCOC1. The summed E-state index contributed by atoms with van der Waals surface area (Å²) in [5, 5.41) is -0.467. The van der Waals surface area contributed by atoms with E-state index in [1.165, 1.54) is 0 Å². The van der Waals surface area contributed by atoms with E-state index in [9.17, 15) is 8.42 Å². The minimum Gasteiger partial charge on any atom is -0.493 e. The summed E-state index contributed by atoms with van der Waals surface area (Å²) in [5.41, 5.74) is 0.902. The second kappa shape index (κ2) is 9.01. The summed E-state index contributed by atoms with van der Waals surface area (Å²) in [5.74, 6) is 1.52. The molecule has 2 atom stereocenters. The van der Waals surface area contributed by atoms with Crippen LogP contribution in [0.3, 0.4) is 0 Å². The molecular weight excluding hydrogens is 338 g/mol. The van der Waals surface area contributed by atoms with Crippen molar-refractivity contribution in [2.24, 2.45) is 11.8 Å². The molecule has 0 amide bonds. The third kappa shape index (κ3) is 5.97. The smallest absolute Gasteiger partial charge is 0.217 e. The number of para-hydroxylation sites is 1. The normalized spacial score (nSPS) is 19.5. The number of ether oxygens (including phenoxy) is 2. The van der Waals surface area contributed by atoms with Crippen molar-refractivity contribution in [3.8, 4) is 5.75 Å². The predicted octanol–water partition coefficient (Wildman–Crippen LogP) is 3.52. The molecule has 1 fully saturated rings. The maximum atomic E-state index is 12.7. The number of benzene rings is 1. The van der Waals surface area contributed by atoms with E-state index in [4.69, 9.17) is 9.47 Å². The van der Waals surface area contributed by atoms with Gasteiger partial charge in [0.05, 0.1) is 19.3 Å². The fraction of sp³-hybridized carbons (Fsp3) is 0.684. The summed E-state index contributed by atoms with van der Waals surface area (Å²) in [6.07, 6.45) is 1.27. The molecule has 0 bridgehead atoms. The molecule has 142 valence electrons. The van der Waals surface area contributed by atoms with Gasteiger partial charge in [0, 0.05) is 12.2 Å². The zero-order chi connectivity index (χ0) is 18.4. The van der Waals surface area contributed by atoms with E-state index in [0.29, 0.717) is 31.5 Å². The van der Waals surface area contributed by atoms with E-state index in [2.05, 4.69) is 32.4 Å². The fourth-order valence-electron chi connectivity index (χ4n) is 2.92. The van der Waals surface area contributed by atoms with Crippen LogP contribution < -0.4 is 9.46 Å². The second-order valence-corrected chi connectivity index (χ2v) is 9.57. The van der Waals surface area contributed by atoms with Gasteiger partial charge in [-0.1, -0.05) is 45.9 Å². The second-order valence-electron chi connectivity index (χ2n) is 7.57. The van der Waals surface area contributed by atoms with E-state index in [0.717, 1.165) is 17.7 Å². The molecule has 0 saturated carbocycles. The summed E-state index contributed by atoms with van der Waals surface area (Å²) in [6.45, 7) is 9.77. The summed E-state index contributed by atoms with van der Waals surface area (Å²) >= 11 is 0. The summed E-state index contributed by atoms with van der Waals surface area (Å²) < 4.78 is 39.6. The highest BCUT2D eigenvalue weighted by Crippen LogP contribution is 2.31. The number of hydrogen-bond donors (Lipinski definition) is 1. The Morgan fingerprint density at radius 3 is 2.52 bits per heavy atom. The van der Waals surface area contributed by atoms with Crippen molar-refractivity contribution in [2.75, 3.05) is 19.8 Å². The minimum atomic E-state index is -3.43. The average Bonchev–Trinajstić information content (AvgIpc) is 3.07. The van der Waals surface area contributed by atoms with Crippen LogP contribution in [0.15, 0.2) is 24.3 Å². The molecule has 6 heteroatoms. The van der Waals surface area contributed by atoms with Crippen LogP contribution in [0.4, 0.5) is 0 Å². The summed E-state index contributed by atoms with van der Waals surface area (Å²) in [7, 11) is -3.43. The summed E-state index contributed by atoms with van der Waals surface area (Å²) in [6, 6.07) is 7.42. The highest BCUT2D eigenvalue weighted by molar-refractivity contribution is 7.90. The van der Waals surface area contributed by atoms with Crippen molar-refractivity contribution >= 4 is 10.0 Å². The lowest BCUT2D eigenvalue weighted by molar-refractivity contribution is 0.198. The lowest BCUT2D eigenvalue weighted by Gasteiger charge is -2.25. The zero-order valence-electron chi connectivity index (χ0n) is 15.7. The first kappa shape index (κ1) is 20.2. The van der Waals surface area contributed by atoms with Crippen LogP contribution >= 0.6 is 0 Å². The highest BCUT2D eigenvalue weighted by atomic mass is 32.2. The molecule has 0 spiro atoms. The maximum Gasteiger partial charge on any atom is 0.217 e. The van der Waals surface area contributed by atoms with E-state index < -0.39 is 15.3 Å². The fourth-order valence-corrected chi connectivity index (χ4v) is 4.41. The first-order chi connectivity index (χ1) is 11.8. The molecule has 2 rings (SSSR count). The lowest BCUT2D eigenvalue weighted by atomic mass is 9.97. The van der Waals surface area contributed by atoms with Gasteiger partial charge >= 0.3 is 0 Å². The average molecular weight is 370 g/mol. The molecule has 0 aliphatic carbocycles. The van der Waals surface area contributed by atoms with Gasteiger partial charge in [0.2, 0.25) is 10.0 Å². The zero-order valence-corrected chi connectivity index (χ0v) is 16.5. The Morgan fingerprint density at radius 1 is 1.20 bits per heavy atom. The Labute approximate surface area is 152 Å². The molecule has 2 unspecified atom stereocenters. The molecule has 25 heavy (non-hydrogen) atoms. The van der Waals surface area contributed by atoms with E-state index in [-0.39, 0.29) is 12.6 Å². The molecule has 5 nitrogen and oxygen atoms in total. The van der Waals surface area contributed by atoms with Crippen LogP contribution in [0.25, 0.3) is 0 Å². The number of rotatable bonds is 9. The Morgan fingerprint density at radius 2 is 1.92 bits per heavy atom.